The molecule has 0 saturated heterocycles. The first-order valence-corrected chi connectivity index (χ1v) is 14.4. The smallest absolute Gasteiger partial charge is 0.158 e. The minimum absolute atomic E-state index is 0.881. The molecule has 0 spiro atoms. The summed E-state index contributed by atoms with van der Waals surface area (Å²) in [4.78, 5) is 0. The van der Waals surface area contributed by atoms with E-state index in [0.29, 0.717) is 0 Å². The summed E-state index contributed by atoms with van der Waals surface area (Å²) >= 11 is 0. The summed E-state index contributed by atoms with van der Waals surface area (Å²) in [5.74, 6) is 0. The molecule has 5 aromatic carbocycles. The van der Waals surface area contributed by atoms with E-state index in [2.05, 4.69) is 144 Å². The number of hydrogen-bond acceptors (Lipinski definition) is 0. The Labute approximate surface area is 239 Å². The predicted molar refractivity (Wildman–Crippen MR) is 168 cm³/mol. The van der Waals surface area contributed by atoms with Crippen molar-refractivity contribution in [1.29, 1.82) is 0 Å². The molecule has 7 aromatic rings. The largest absolute Gasteiger partial charge is 0.259 e. The molecule has 192 valence electrons. The molecule has 2 aliphatic heterocycles. The summed E-state index contributed by atoms with van der Waals surface area (Å²) in [6.45, 7) is 2.20. The summed E-state index contributed by atoms with van der Waals surface area (Å²) in [7, 11) is 0. The molecule has 0 radical (unpaired) electrons. The van der Waals surface area contributed by atoms with Gasteiger partial charge in [0.25, 0.3) is 11.4 Å². The van der Waals surface area contributed by atoms with E-state index in [4.69, 9.17) is 0 Å². The molecule has 0 aliphatic carbocycles. The van der Waals surface area contributed by atoms with Crippen LogP contribution in [0.1, 0.15) is 16.7 Å². The van der Waals surface area contributed by atoms with Crippen LogP contribution in [0.25, 0.3) is 66.2 Å². The maximum absolute atomic E-state index is 2.48. The summed E-state index contributed by atoms with van der Waals surface area (Å²) in [6.07, 6.45) is 6.35. The van der Waals surface area contributed by atoms with Gasteiger partial charge in [0, 0.05) is 23.8 Å². The topological polar surface area (TPSA) is 7.76 Å². The van der Waals surface area contributed by atoms with Gasteiger partial charge in [0.1, 0.15) is 0 Å². The number of aryl methyl sites for hydroxylation is 1. The van der Waals surface area contributed by atoms with Crippen LogP contribution in [0.5, 0.6) is 0 Å². The van der Waals surface area contributed by atoms with Crippen molar-refractivity contribution in [1.82, 2.24) is 0 Å². The Bertz CT molecular complexity index is 2270. The summed E-state index contributed by atoms with van der Waals surface area (Å²) in [5, 5.41) is 7.95. The van der Waals surface area contributed by atoms with Gasteiger partial charge in [-0.1, -0.05) is 66.7 Å². The van der Waals surface area contributed by atoms with Crippen LogP contribution >= 0.6 is 0 Å². The van der Waals surface area contributed by atoms with Gasteiger partial charge in [-0.3, -0.25) is 0 Å². The van der Waals surface area contributed by atoms with Gasteiger partial charge in [-0.2, -0.15) is 9.13 Å². The Kier molecular flexibility index (Phi) is 4.68. The highest BCUT2D eigenvalue weighted by Gasteiger charge is 2.38. The lowest BCUT2D eigenvalue weighted by molar-refractivity contribution is -0.602. The third kappa shape index (κ3) is 3.25. The van der Waals surface area contributed by atoms with Crippen LogP contribution in [0.4, 0.5) is 0 Å². The second kappa shape index (κ2) is 8.46. The molecule has 9 rings (SSSR count). The predicted octanol–water partition coefficient (Wildman–Crippen LogP) is 8.30. The molecule has 2 aliphatic rings. The first kappa shape index (κ1) is 22.7. The Morgan fingerprint density at radius 2 is 1.05 bits per heavy atom. The minimum atomic E-state index is 0.881. The number of hydrogen-bond donors (Lipinski definition) is 0. The first-order chi connectivity index (χ1) is 20.2. The van der Waals surface area contributed by atoms with Crippen LogP contribution in [-0.4, -0.2) is 0 Å². The van der Waals surface area contributed by atoms with Crippen LogP contribution in [0.2, 0.25) is 0 Å². The Morgan fingerprint density at radius 1 is 0.463 bits per heavy atom. The second-order valence-electron chi connectivity index (χ2n) is 11.5. The van der Waals surface area contributed by atoms with E-state index in [9.17, 15) is 0 Å². The molecule has 0 bridgehead atoms. The molecule has 4 heterocycles. The summed E-state index contributed by atoms with van der Waals surface area (Å²) < 4.78 is 4.89. The zero-order chi connectivity index (χ0) is 27.1. The molecule has 0 amide bonds. The number of allylic oxidation sites excluding steroid dienone is 2. The second-order valence-corrected chi connectivity index (χ2v) is 11.5. The molecule has 0 atom stereocenters. The highest BCUT2D eigenvalue weighted by atomic mass is 15.1. The maximum atomic E-state index is 2.48. The van der Waals surface area contributed by atoms with Crippen molar-refractivity contribution in [3.05, 3.63) is 144 Å². The average Bonchev–Trinajstić information content (AvgIpc) is 3.03. The minimum Gasteiger partial charge on any atom is -0.158 e. The van der Waals surface area contributed by atoms with E-state index in [1.54, 1.807) is 0 Å². The quantitative estimate of drug-likeness (QED) is 0.139. The summed E-state index contributed by atoms with van der Waals surface area (Å²) in [5.41, 5.74) is 11.9. The monoisotopic (exact) mass is 524 g/mol. The van der Waals surface area contributed by atoms with Gasteiger partial charge < -0.3 is 0 Å². The number of aromatic nitrogens is 2. The van der Waals surface area contributed by atoms with E-state index in [-0.39, 0.29) is 0 Å². The lowest BCUT2D eigenvalue weighted by atomic mass is 9.86. The number of fused-ring (bicyclic) bond motifs is 12. The van der Waals surface area contributed by atoms with Gasteiger partial charge in [-0.15, -0.1) is 0 Å². The molecule has 0 fully saturated rings. The van der Waals surface area contributed by atoms with Crippen LogP contribution in [0.3, 0.4) is 0 Å². The van der Waals surface area contributed by atoms with E-state index in [1.807, 2.05) is 0 Å². The molecule has 0 unspecified atom stereocenters. The molecule has 0 N–H and O–H groups in total. The molecular formula is C39H28N2+2. The molecular weight excluding hydrogens is 496 g/mol. The van der Waals surface area contributed by atoms with Crippen LogP contribution in [-0.2, 0) is 12.8 Å². The molecule has 2 aromatic heterocycles. The van der Waals surface area contributed by atoms with E-state index < -0.39 is 0 Å². The van der Waals surface area contributed by atoms with Gasteiger partial charge in [0.2, 0.25) is 11.4 Å². The van der Waals surface area contributed by atoms with E-state index in [1.165, 1.54) is 82.9 Å². The standard InChI is InChI=1S/C39H28N2/c1-25-17-18-37-33-23-35-32-15-7-5-13-30(32)29-12-4-6-14-31(29)34(35)20-27(33)22-39(41(37)24-25)38-21-26-10-2-3-11-28(26)36-16-8-9-19-40(36)38/h2-20,23-24H,21-22H2,1H3/q+2/b39-38+. The fourth-order valence-electron chi connectivity index (χ4n) is 7.27. The molecule has 41 heavy (non-hydrogen) atoms. The number of pyridine rings is 2. The van der Waals surface area contributed by atoms with E-state index >= 15 is 0 Å². The average molecular weight is 525 g/mol. The van der Waals surface area contributed by atoms with Crippen molar-refractivity contribution >= 4 is 43.7 Å². The Balaban J connectivity index is 1.37. The highest BCUT2D eigenvalue weighted by molar-refractivity contribution is 6.26. The van der Waals surface area contributed by atoms with Gasteiger partial charge in [-0.05, 0) is 80.7 Å². The molecule has 2 heteroatoms. The van der Waals surface area contributed by atoms with Crippen LogP contribution < -0.4 is 9.13 Å². The third-order valence-electron chi connectivity index (χ3n) is 9.12. The van der Waals surface area contributed by atoms with Crippen LogP contribution in [0.15, 0.2) is 128 Å². The maximum Gasteiger partial charge on any atom is 0.259 e. The number of rotatable bonds is 0. The molecule has 2 nitrogen and oxygen atoms in total. The zero-order valence-electron chi connectivity index (χ0n) is 22.9. The number of benzene rings is 5. The molecule has 0 saturated carbocycles. The van der Waals surface area contributed by atoms with Crippen LogP contribution in [0, 0.1) is 6.92 Å². The Hall–Kier alpha value is -5.08. The number of nitrogens with zero attached hydrogens (tertiary/aromatic N) is 2. The lowest BCUT2D eigenvalue weighted by Gasteiger charge is -2.22. The van der Waals surface area contributed by atoms with Crippen molar-refractivity contribution in [2.24, 2.45) is 0 Å². The van der Waals surface area contributed by atoms with Crippen molar-refractivity contribution in [2.75, 3.05) is 0 Å². The lowest BCUT2D eigenvalue weighted by Crippen LogP contribution is -2.47. The van der Waals surface area contributed by atoms with Gasteiger partial charge in [0.05, 0.1) is 24.0 Å². The van der Waals surface area contributed by atoms with Crippen molar-refractivity contribution in [2.45, 2.75) is 19.8 Å². The third-order valence-corrected chi connectivity index (χ3v) is 9.12. The van der Waals surface area contributed by atoms with Crippen molar-refractivity contribution in [3.63, 3.8) is 0 Å². The summed E-state index contributed by atoms with van der Waals surface area (Å²) in [6, 6.07) is 42.7. The van der Waals surface area contributed by atoms with Gasteiger partial charge in [-0.25, -0.2) is 0 Å². The first-order valence-electron chi connectivity index (χ1n) is 14.4. The Morgan fingerprint density at radius 3 is 1.83 bits per heavy atom. The fraction of sp³-hybridized carbons (Fsp3) is 0.0769. The fourth-order valence-corrected chi connectivity index (χ4v) is 7.27. The normalized spacial score (nSPS) is 15.4. The highest BCUT2D eigenvalue weighted by Crippen LogP contribution is 2.41. The SMILES string of the molecule is Cc1ccc2[n+](c1)/C(=C1\Cc3ccccc3-c3cccc[n+]31)Cc1cc3c4ccccc4c4ccccc4c3cc1-2. The van der Waals surface area contributed by atoms with Gasteiger partial charge >= 0.3 is 0 Å². The zero-order valence-corrected chi connectivity index (χ0v) is 22.9. The van der Waals surface area contributed by atoms with E-state index in [0.717, 1.165) is 12.8 Å². The van der Waals surface area contributed by atoms with Gasteiger partial charge in [0.15, 0.2) is 12.4 Å². The van der Waals surface area contributed by atoms with Crippen molar-refractivity contribution in [3.8, 4) is 22.5 Å². The van der Waals surface area contributed by atoms with Crippen molar-refractivity contribution < 1.29 is 9.13 Å².